The van der Waals surface area contributed by atoms with Crippen LogP contribution in [0, 0.1) is 0 Å². The first-order valence-corrected chi connectivity index (χ1v) is 8.80. The van der Waals surface area contributed by atoms with E-state index in [-0.39, 0.29) is 15.6 Å². The molecule has 0 atom stereocenters. The third-order valence-electron chi connectivity index (χ3n) is 3.69. The maximum Gasteiger partial charge on any atom is 0.340 e. The summed E-state index contributed by atoms with van der Waals surface area (Å²) in [6.45, 7) is -0.0304. The number of carbonyl (C=O) groups excluding carboxylic acids is 2. The number of esters is 1. The molecule has 144 valence electrons. The Labute approximate surface area is 167 Å². The van der Waals surface area contributed by atoms with Gasteiger partial charge in [0, 0.05) is 6.54 Å². The van der Waals surface area contributed by atoms with Crippen LogP contribution in [-0.2, 0) is 16.0 Å². The zero-order valence-electron chi connectivity index (χ0n) is 14.9. The van der Waals surface area contributed by atoms with Crippen LogP contribution in [0.1, 0.15) is 15.9 Å². The van der Waals surface area contributed by atoms with Crippen LogP contribution < -0.4 is 14.8 Å². The Morgan fingerprint density at radius 3 is 2.48 bits per heavy atom. The number of benzene rings is 2. The van der Waals surface area contributed by atoms with Crippen molar-refractivity contribution in [1.82, 2.24) is 5.32 Å². The standard InChI is InChI=1S/C19H19Cl2NO5/c1-25-15-7-6-12(10-16(15)26-2)8-9-22-17(23)11-27-19(24)13-4-3-5-14(20)18(13)21/h3-7,10H,8-9,11H2,1-2H3,(H,22,23). The van der Waals surface area contributed by atoms with Gasteiger partial charge in [0.05, 0.1) is 29.8 Å². The van der Waals surface area contributed by atoms with Gasteiger partial charge in [-0.05, 0) is 36.2 Å². The Balaban J connectivity index is 1.79. The highest BCUT2D eigenvalue weighted by atomic mass is 35.5. The van der Waals surface area contributed by atoms with Gasteiger partial charge in [-0.3, -0.25) is 4.79 Å². The summed E-state index contributed by atoms with van der Waals surface area (Å²) in [6.07, 6.45) is 0.583. The maximum absolute atomic E-state index is 12.0. The van der Waals surface area contributed by atoms with Crippen LogP contribution in [0.2, 0.25) is 10.0 Å². The van der Waals surface area contributed by atoms with Gasteiger partial charge in [0.2, 0.25) is 0 Å². The van der Waals surface area contributed by atoms with Crippen molar-refractivity contribution in [3.05, 3.63) is 57.6 Å². The van der Waals surface area contributed by atoms with E-state index in [1.165, 1.54) is 6.07 Å². The van der Waals surface area contributed by atoms with Crippen LogP contribution >= 0.6 is 23.2 Å². The van der Waals surface area contributed by atoms with Gasteiger partial charge >= 0.3 is 5.97 Å². The van der Waals surface area contributed by atoms with E-state index in [1.807, 2.05) is 12.1 Å². The minimum atomic E-state index is -0.711. The zero-order valence-corrected chi connectivity index (χ0v) is 16.4. The van der Waals surface area contributed by atoms with Crippen molar-refractivity contribution < 1.29 is 23.8 Å². The quantitative estimate of drug-likeness (QED) is 0.672. The van der Waals surface area contributed by atoms with Gasteiger partial charge in [-0.1, -0.05) is 35.3 Å². The lowest BCUT2D eigenvalue weighted by atomic mass is 10.1. The number of carbonyl (C=O) groups is 2. The molecule has 0 aromatic heterocycles. The number of ether oxygens (including phenoxy) is 3. The molecule has 0 heterocycles. The maximum atomic E-state index is 12.0. The molecular weight excluding hydrogens is 393 g/mol. The zero-order chi connectivity index (χ0) is 19.8. The Morgan fingerprint density at radius 2 is 1.78 bits per heavy atom. The summed E-state index contributed by atoms with van der Waals surface area (Å²) < 4.78 is 15.4. The lowest BCUT2D eigenvalue weighted by Gasteiger charge is -2.10. The predicted molar refractivity (Wildman–Crippen MR) is 103 cm³/mol. The molecule has 0 unspecified atom stereocenters. The van der Waals surface area contributed by atoms with Gasteiger partial charge in [-0.15, -0.1) is 0 Å². The molecule has 8 heteroatoms. The molecule has 0 aliphatic heterocycles. The van der Waals surface area contributed by atoms with E-state index in [9.17, 15) is 9.59 Å². The van der Waals surface area contributed by atoms with Crippen LogP contribution in [0.3, 0.4) is 0 Å². The van der Waals surface area contributed by atoms with Gasteiger partial charge in [-0.25, -0.2) is 4.79 Å². The second-order valence-corrected chi connectivity index (χ2v) is 6.25. The predicted octanol–water partition coefficient (Wildman–Crippen LogP) is 3.53. The Hall–Kier alpha value is -2.44. The number of hydrogen-bond acceptors (Lipinski definition) is 5. The van der Waals surface area contributed by atoms with E-state index in [0.717, 1.165) is 5.56 Å². The largest absolute Gasteiger partial charge is 0.493 e. The molecule has 2 aromatic carbocycles. The third-order valence-corrected chi connectivity index (χ3v) is 4.51. The van der Waals surface area contributed by atoms with Crippen molar-refractivity contribution >= 4 is 35.1 Å². The van der Waals surface area contributed by atoms with E-state index < -0.39 is 18.5 Å². The Kier molecular flexibility index (Phi) is 7.76. The first-order chi connectivity index (χ1) is 13.0. The lowest BCUT2D eigenvalue weighted by molar-refractivity contribution is -0.124. The summed E-state index contributed by atoms with van der Waals surface area (Å²) in [5, 5.41) is 3.02. The second kappa shape index (κ2) is 10.0. The minimum absolute atomic E-state index is 0.0954. The summed E-state index contributed by atoms with van der Waals surface area (Å²) in [6, 6.07) is 10.1. The third kappa shape index (κ3) is 5.77. The van der Waals surface area contributed by atoms with Crippen molar-refractivity contribution in [2.75, 3.05) is 27.4 Å². The average molecular weight is 412 g/mol. The lowest BCUT2D eigenvalue weighted by Crippen LogP contribution is -2.30. The molecule has 1 N–H and O–H groups in total. The topological polar surface area (TPSA) is 73.9 Å². The van der Waals surface area contributed by atoms with Gasteiger partial charge in [0.15, 0.2) is 18.1 Å². The smallest absolute Gasteiger partial charge is 0.340 e. The Morgan fingerprint density at radius 1 is 1.04 bits per heavy atom. The summed E-state index contributed by atoms with van der Waals surface area (Å²) in [7, 11) is 3.12. The fraction of sp³-hybridized carbons (Fsp3) is 0.263. The SMILES string of the molecule is COc1ccc(CCNC(=O)COC(=O)c2cccc(Cl)c2Cl)cc1OC. The molecular formula is C19H19Cl2NO5. The van der Waals surface area contributed by atoms with Gasteiger partial charge in [-0.2, -0.15) is 0 Å². The molecule has 0 bridgehead atoms. The molecule has 0 aliphatic carbocycles. The molecule has 0 saturated carbocycles. The van der Waals surface area contributed by atoms with Crippen LogP contribution in [0.25, 0.3) is 0 Å². The molecule has 0 spiro atoms. The van der Waals surface area contributed by atoms with E-state index in [1.54, 1.807) is 32.4 Å². The first kappa shape index (κ1) is 20.9. The molecule has 2 rings (SSSR count). The van der Waals surface area contributed by atoms with Crippen molar-refractivity contribution in [3.8, 4) is 11.5 Å². The summed E-state index contributed by atoms with van der Waals surface area (Å²) in [5.41, 5.74) is 1.08. The molecule has 6 nitrogen and oxygen atoms in total. The van der Waals surface area contributed by atoms with Crippen molar-refractivity contribution in [2.45, 2.75) is 6.42 Å². The fourth-order valence-electron chi connectivity index (χ4n) is 2.30. The molecule has 0 radical (unpaired) electrons. The molecule has 2 aromatic rings. The van der Waals surface area contributed by atoms with Crippen molar-refractivity contribution in [1.29, 1.82) is 0 Å². The highest BCUT2D eigenvalue weighted by molar-refractivity contribution is 6.43. The molecule has 27 heavy (non-hydrogen) atoms. The van der Waals surface area contributed by atoms with Crippen molar-refractivity contribution in [2.24, 2.45) is 0 Å². The van der Waals surface area contributed by atoms with E-state index in [0.29, 0.717) is 24.5 Å². The molecule has 0 aliphatic rings. The molecule has 0 fully saturated rings. The fourth-order valence-corrected chi connectivity index (χ4v) is 2.68. The normalized spacial score (nSPS) is 10.2. The first-order valence-electron chi connectivity index (χ1n) is 8.05. The van der Waals surface area contributed by atoms with E-state index in [2.05, 4.69) is 5.32 Å². The second-order valence-electron chi connectivity index (χ2n) is 5.47. The number of hydrogen-bond donors (Lipinski definition) is 1. The van der Waals surface area contributed by atoms with E-state index >= 15 is 0 Å². The van der Waals surface area contributed by atoms with Gasteiger partial charge in [0.25, 0.3) is 5.91 Å². The van der Waals surface area contributed by atoms with Crippen LogP contribution in [0.4, 0.5) is 0 Å². The minimum Gasteiger partial charge on any atom is -0.493 e. The van der Waals surface area contributed by atoms with Crippen LogP contribution in [-0.4, -0.2) is 39.2 Å². The highest BCUT2D eigenvalue weighted by Gasteiger charge is 2.15. The number of rotatable bonds is 8. The number of methoxy groups -OCH3 is 2. The Bertz CT molecular complexity index is 826. The van der Waals surface area contributed by atoms with Gasteiger partial charge < -0.3 is 19.5 Å². The monoisotopic (exact) mass is 411 g/mol. The average Bonchev–Trinajstić information content (AvgIpc) is 2.68. The van der Waals surface area contributed by atoms with E-state index in [4.69, 9.17) is 37.4 Å². The summed E-state index contributed by atoms with van der Waals surface area (Å²) >= 11 is 11.8. The van der Waals surface area contributed by atoms with Crippen molar-refractivity contribution in [3.63, 3.8) is 0 Å². The molecule has 0 saturated heterocycles. The number of nitrogens with one attached hydrogen (secondary N) is 1. The summed E-state index contributed by atoms with van der Waals surface area (Å²) in [5.74, 6) is 0.130. The number of halogens is 2. The molecule has 1 amide bonds. The summed E-state index contributed by atoms with van der Waals surface area (Å²) in [4.78, 5) is 23.8. The van der Waals surface area contributed by atoms with Gasteiger partial charge in [0.1, 0.15) is 0 Å². The van der Waals surface area contributed by atoms with Crippen LogP contribution in [0.15, 0.2) is 36.4 Å². The highest BCUT2D eigenvalue weighted by Crippen LogP contribution is 2.27. The van der Waals surface area contributed by atoms with Crippen LogP contribution in [0.5, 0.6) is 11.5 Å². The number of amides is 1.